The Balaban J connectivity index is 0.822. The van der Waals surface area contributed by atoms with Gasteiger partial charge in [0.2, 0.25) is 0 Å². The number of hydrogen-bond acceptors (Lipinski definition) is 3. The van der Waals surface area contributed by atoms with Crippen LogP contribution in [0.4, 0.5) is 0 Å². The zero-order valence-electron chi connectivity index (χ0n) is 39.5. The highest BCUT2D eigenvalue weighted by Crippen LogP contribution is 2.35. The largest absolute Gasteiger partial charge is 0.208 e. The minimum absolute atomic E-state index is 0.617. The zero-order chi connectivity index (χ0) is 48.1. The van der Waals surface area contributed by atoms with Gasteiger partial charge in [-0.2, -0.15) is 0 Å². The molecule has 3 heteroatoms. The van der Waals surface area contributed by atoms with Crippen LogP contribution in [0.2, 0.25) is 0 Å². The van der Waals surface area contributed by atoms with Gasteiger partial charge in [-0.15, -0.1) is 0 Å². The molecule has 0 aliphatic carbocycles. The van der Waals surface area contributed by atoms with Crippen LogP contribution in [-0.4, -0.2) is 15.0 Å². The van der Waals surface area contributed by atoms with E-state index < -0.39 is 0 Å². The molecule has 0 saturated heterocycles. The molecule has 72 heavy (non-hydrogen) atoms. The molecule has 12 rings (SSSR count). The van der Waals surface area contributed by atoms with Crippen molar-refractivity contribution in [1.29, 1.82) is 0 Å². The van der Waals surface area contributed by atoms with Gasteiger partial charge in [0.05, 0.1) is 0 Å². The van der Waals surface area contributed by atoms with Gasteiger partial charge >= 0.3 is 0 Å². The van der Waals surface area contributed by atoms with Gasteiger partial charge in [0.15, 0.2) is 17.5 Å². The minimum atomic E-state index is 0.617. The van der Waals surface area contributed by atoms with E-state index in [0.29, 0.717) is 17.5 Å². The van der Waals surface area contributed by atoms with Crippen LogP contribution in [0, 0.1) is 0 Å². The van der Waals surface area contributed by atoms with Crippen LogP contribution in [0.1, 0.15) is 0 Å². The summed E-state index contributed by atoms with van der Waals surface area (Å²) in [5.41, 5.74) is 21.4. The molecule has 12 aromatic rings. The lowest BCUT2D eigenvalue weighted by molar-refractivity contribution is 1.07. The summed E-state index contributed by atoms with van der Waals surface area (Å²) in [4.78, 5) is 15.4. The van der Waals surface area contributed by atoms with Gasteiger partial charge in [-0.3, -0.25) is 0 Å². The molecular formula is C69H47N3. The number of nitrogens with zero attached hydrogens (tertiary/aromatic N) is 3. The highest BCUT2D eigenvalue weighted by atomic mass is 15.0. The predicted molar refractivity (Wildman–Crippen MR) is 300 cm³/mol. The summed E-state index contributed by atoms with van der Waals surface area (Å²) in [5.74, 6) is 1.86. The van der Waals surface area contributed by atoms with Crippen molar-refractivity contribution in [2.24, 2.45) is 0 Å². The maximum Gasteiger partial charge on any atom is 0.164 e. The molecule has 1 aromatic heterocycles. The van der Waals surface area contributed by atoms with Crippen LogP contribution in [0.3, 0.4) is 0 Å². The smallest absolute Gasteiger partial charge is 0.164 e. The molecule has 0 unspecified atom stereocenters. The molecule has 0 spiro atoms. The molecule has 0 radical (unpaired) electrons. The summed E-state index contributed by atoms with van der Waals surface area (Å²) >= 11 is 0. The van der Waals surface area contributed by atoms with E-state index in [-0.39, 0.29) is 0 Å². The lowest BCUT2D eigenvalue weighted by Gasteiger charge is -2.12. The van der Waals surface area contributed by atoms with Crippen LogP contribution in [0.25, 0.3) is 123 Å². The van der Waals surface area contributed by atoms with Gasteiger partial charge in [0.25, 0.3) is 0 Å². The van der Waals surface area contributed by atoms with E-state index in [9.17, 15) is 0 Å². The van der Waals surface area contributed by atoms with E-state index in [1.54, 1.807) is 0 Å². The fourth-order valence-electron chi connectivity index (χ4n) is 9.51. The summed E-state index contributed by atoms with van der Waals surface area (Å²) in [5, 5.41) is 0. The van der Waals surface area contributed by atoms with E-state index >= 15 is 0 Å². The van der Waals surface area contributed by atoms with Gasteiger partial charge in [-0.25, -0.2) is 15.0 Å². The second kappa shape index (κ2) is 19.8. The summed E-state index contributed by atoms with van der Waals surface area (Å²) < 4.78 is 0. The molecule has 0 fully saturated rings. The third-order valence-corrected chi connectivity index (χ3v) is 13.3. The van der Waals surface area contributed by atoms with E-state index in [4.69, 9.17) is 15.0 Å². The van der Waals surface area contributed by atoms with E-state index in [0.717, 1.165) is 61.2 Å². The SMILES string of the molecule is c1ccc(-c2cccc(-c3ccc(-c4cccc(-c5cccc(-c6nc(-c7ccccc7)nc(-c7cccc(-c8cccc(-c9ccc(-c%10cccc(-c%11ccccc%11)c%10)cc9)c8)c7)n6)c5)c4)cc3)c2)cc1. The third kappa shape index (κ3) is 9.43. The monoisotopic (exact) mass is 917 g/mol. The Morgan fingerprint density at radius 1 is 0.125 bits per heavy atom. The molecule has 0 bridgehead atoms. The number of benzene rings is 11. The van der Waals surface area contributed by atoms with Crippen molar-refractivity contribution in [3.63, 3.8) is 0 Å². The topological polar surface area (TPSA) is 38.7 Å². The van der Waals surface area contributed by atoms with Crippen molar-refractivity contribution >= 4 is 0 Å². The summed E-state index contributed by atoms with van der Waals surface area (Å²) in [6.07, 6.45) is 0. The van der Waals surface area contributed by atoms with Crippen molar-refractivity contribution in [2.75, 3.05) is 0 Å². The van der Waals surface area contributed by atoms with Gasteiger partial charge in [0, 0.05) is 16.7 Å². The fourth-order valence-corrected chi connectivity index (χ4v) is 9.51. The first-order valence-electron chi connectivity index (χ1n) is 24.4. The molecule has 3 nitrogen and oxygen atoms in total. The Bertz CT molecular complexity index is 3600. The van der Waals surface area contributed by atoms with Crippen LogP contribution in [-0.2, 0) is 0 Å². The molecule has 0 saturated carbocycles. The molecule has 0 atom stereocenters. The number of rotatable bonds is 11. The van der Waals surface area contributed by atoms with E-state index in [2.05, 4.69) is 267 Å². The second-order valence-corrected chi connectivity index (χ2v) is 18.0. The molecule has 0 aliphatic rings. The molecular weight excluding hydrogens is 871 g/mol. The van der Waals surface area contributed by atoms with Crippen molar-refractivity contribution in [2.45, 2.75) is 0 Å². The van der Waals surface area contributed by atoms with Crippen LogP contribution in [0.5, 0.6) is 0 Å². The number of hydrogen-bond donors (Lipinski definition) is 0. The summed E-state index contributed by atoms with van der Waals surface area (Å²) in [6, 6.07) is 101. The zero-order valence-corrected chi connectivity index (χ0v) is 39.5. The van der Waals surface area contributed by atoms with Gasteiger partial charge in [-0.05, 0) is 125 Å². The first-order valence-corrected chi connectivity index (χ1v) is 24.4. The standard InChI is InChI=1S/C69H47N3/c1-4-16-48(17-5-1)55-22-10-24-57(42-55)50-34-38-52(39-35-50)59-26-12-28-61(44-59)63-30-14-32-65(46-63)68-70-67(54-20-8-3-9-21-54)71-69(72-68)66-33-15-31-64(47-66)62-29-13-27-60(45-62)53-40-36-51(37-41-53)58-25-11-23-56(43-58)49-18-6-2-7-19-49/h1-47H. The van der Waals surface area contributed by atoms with E-state index in [1.165, 1.54) is 44.5 Å². The minimum Gasteiger partial charge on any atom is -0.208 e. The molecule has 0 N–H and O–H groups in total. The quantitative estimate of drug-likeness (QED) is 0.130. The van der Waals surface area contributed by atoms with Crippen LogP contribution in [0.15, 0.2) is 285 Å². The molecule has 11 aromatic carbocycles. The van der Waals surface area contributed by atoms with Gasteiger partial charge < -0.3 is 0 Å². The van der Waals surface area contributed by atoms with Gasteiger partial charge in [0.1, 0.15) is 0 Å². The van der Waals surface area contributed by atoms with Crippen molar-refractivity contribution in [3.8, 4) is 123 Å². The van der Waals surface area contributed by atoms with Crippen molar-refractivity contribution in [3.05, 3.63) is 285 Å². The molecule has 0 amide bonds. The Labute approximate surface area is 421 Å². The Kier molecular flexibility index (Phi) is 12.0. The third-order valence-electron chi connectivity index (χ3n) is 13.3. The molecule has 0 aliphatic heterocycles. The fraction of sp³-hybridized carbons (Fsp3) is 0. The van der Waals surface area contributed by atoms with Crippen LogP contribution < -0.4 is 0 Å². The Hall–Kier alpha value is -9.57. The summed E-state index contributed by atoms with van der Waals surface area (Å²) in [7, 11) is 0. The lowest BCUT2D eigenvalue weighted by atomic mass is 9.95. The highest BCUT2D eigenvalue weighted by molar-refractivity contribution is 5.81. The predicted octanol–water partition coefficient (Wildman–Crippen LogP) is 18.2. The molecule has 1 heterocycles. The van der Waals surface area contributed by atoms with Crippen molar-refractivity contribution in [1.82, 2.24) is 15.0 Å². The maximum atomic E-state index is 5.19. The first-order chi connectivity index (χ1) is 35.6. The lowest BCUT2D eigenvalue weighted by Crippen LogP contribution is -2.00. The van der Waals surface area contributed by atoms with Crippen LogP contribution >= 0.6 is 0 Å². The second-order valence-electron chi connectivity index (χ2n) is 18.0. The normalized spacial score (nSPS) is 11.1. The maximum absolute atomic E-state index is 5.19. The van der Waals surface area contributed by atoms with E-state index in [1.807, 2.05) is 18.2 Å². The average Bonchev–Trinajstić information content (AvgIpc) is 3.48. The summed E-state index contributed by atoms with van der Waals surface area (Å²) in [6.45, 7) is 0. The Morgan fingerprint density at radius 2 is 0.292 bits per heavy atom. The average molecular weight is 918 g/mol. The highest BCUT2D eigenvalue weighted by Gasteiger charge is 2.15. The van der Waals surface area contributed by atoms with Crippen molar-refractivity contribution < 1.29 is 0 Å². The number of aromatic nitrogens is 3. The Morgan fingerprint density at radius 3 is 0.556 bits per heavy atom. The molecule has 338 valence electrons. The van der Waals surface area contributed by atoms with Gasteiger partial charge in [-0.1, -0.05) is 249 Å². The first kappa shape index (κ1) is 43.7.